The molecule has 1 aromatic carbocycles. The molecule has 2 rings (SSSR count). The van der Waals surface area contributed by atoms with E-state index in [0.29, 0.717) is 6.54 Å². The fourth-order valence-corrected chi connectivity index (χ4v) is 2.22. The zero-order valence-corrected chi connectivity index (χ0v) is 13.1. The summed E-state index contributed by atoms with van der Waals surface area (Å²) in [6, 6.07) is 7.67. The summed E-state index contributed by atoms with van der Waals surface area (Å²) < 4.78 is 5.24. The summed E-state index contributed by atoms with van der Waals surface area (Å²) in [5, 5.41) is 2.85. The highest BCUT2D eigenvalue weighted by atomic mass is 16.5. The summed E-state index contributed by atoms with van der Waals surface area (Å²) in [4.78, 5) is 15.8. The number of rotatable bonds is 5. The van der Waals surface area contributed by atoms with Crippen molar-refractivity contribution >= 4 is 12.0 Å². The number of aromatic nitrogens is 1. The lowest BCUT2D eigenvalue weighted by atomic mass is 10.0. The summed E-state index contributed by atoms with van der Waals surface area (Å²) in [6.07, 6.45) is 6.82. The van der Waals surface area contributed by atoms with Crippen LogP contribution in [0.1, 0.15) is 22.3 Å². The van der Waals surface area contributed by atoms with Gasteiger partial charge in [0.2, 0.25) is 5.91 Å². The Morgan fingerprint density at radius 1 is 1.23 bits per heavy atom. The Morgan fingerprint density at radius 2 is 1.86 bits per heavy atom. The van der Waals surface area contributed by atoms with Crippen molar-refractivity contribution in [2.45, 2.75) is 20.4 Å². The van der Waals surface area contributed by atoms with Crippen LogP contribution in [0.2, 0.25) is 0 Å². The largest absolute Gasteiger partial charge is 0.497 e. The summed E-state index contributed by atoms with van der Waals surface area (Å²) in [7, 11) is 1.65. The molecule has 1 N–H and O–H groups in total. The first kappa shape index (κ1) is 15.8. The Bertz CT molecular complexity index is 656. The van der Waals surface area contributed by atoms with Gasteiger partial charge in [-0.25, -0.2) is 0 Å². The molecule has 0 radical (unpaired) electrons. The quantitative estimate of drug-likeness (QED) is 0.863. The standard InChI is InChI=1S/C18H20N2O2/c1-13-10-16(22-3)11-14(2)17(13)4-5-18(21)20-12-15-6-8-19-9-7-15/h4-11H,12H2,1-3H3,(H,20,21)/b5-4+. The van der Waals surface area contributed by atoms with Gasteiger partial charge in [-0.3, -0.25) is 9.78 Å². The van der Waals surface area contributed by atoms with E-state index in [0.717, 1.165) is 28.0 Å². The van der Waals surface area contributed by atoms with Crippen LogP contribution in [-0.2, 0) is 11.3 Å². The molecule has 0 aliphatic heterocycles. The molecule has 0 saturated heterocycles. The van der Waals surface area contributed by atoms with E-state index in [1.54, 1.807) is 25.6 Å². The second kappa shape index (κ2) is 7.41. The Labute approximate surface area is 130 Å². The predicted octanol–water partition coefficient (Wildman–Crippen LogP) is 3.04. The molecule has 22 heavy (non-hydrogen) atoms. The number of ether oxygens (including phenoxy) is 1. The van der Waals surface area contributed by atoms with E-state index in [1.807, 2.05) is 44.2 Å². The molecule has 0 unspecified atom stereocenters. The zero-order valence-electron chi connectivity index (χ0n) is 13.1. The van der Waals surface area contributed by atoms with Crippen molar-refractivity contribution in [1.82, 2.24) is 10.3 Å². The molecular formula is C18H20N2O2. The van der Waals surface area contributed by atoms with Crippen molar-refractivity contribution in [3.63, 3.8) is 0 Å². The van der Waals surface area contributed by atoms with Gasteiger partial charge >= 0.3 is 0 Å². The highest BCUT2D eigenvalue weighted by molar-refractivity contribution is 5.92. The van der Waals surface area contributed by atoms with Gasteiger partial charge in [-0.2, -0.15) is 0 Å². The van der Waals surface area contributed by atoms with Crippen molar-refractivity contribution < 1.29 is 9.53 Å². The smallest absolute Gasteiger partial charge is 0.244 e. The van der Waals surface area contributed by atoms with Gasteiger partial charge in [-0.15, -0.1) is 0 Å². The van der Waals surface area contributed by atoms with Gasteiger partial charge in [0, 0.05) is 25.0 Å². The lowest BCUT2D eigenvalue weighted by molar-refractivity contribution is -0.116. The third kappa shape index (κ3) is 4.19. The number of benzene rings is 1. The van der Waals surface area contributed by atoms with E-state index in [9.17, 15) is 4.79 Å². The van der Waals surface area contributed by atoms with Gasteiger partial charge in [0.05, 0.1) is 7.11 Å². The van der Waals surface area contributed by atoms with Crippen LogP contribution in [0, 0.1) is 13.8 Å². The number of methoxy groups -OCH3 is 1. The number of pyridine rings is 1. The highest BCUT2D eigenvalue weighted by Gasteiger charge is 2.03. The van der Waals surface area contributed by atoms with Crippen LogP contribution in [0.5, 0.6) is 5.75 Å². The lowest BCUT2D eigenvalue weighted by Gasteiger charge is -2.08. The van der Waals surface area contributed by atoms with Crippen LogP contribution < -0.4 is 10.1 Å². The molecule has 2 aromatic rings. The SMILES string of the molecule is COc1cc(C)c(/C=C/C(=O)NCc2ccncc2)c(C)c1. The second-order valence-electron chi connectivity index (χ2n) is 5.08. The Kier molecular flexibility index (Phi) is 5.31. The maximum absolute atomic E-state index is 11.9. The number of nitrogens with one attached hydrogen (secondary N) is 1. The molecule has 0 bridgehead atoms. The molecule has 0 aliphatic carbocycles. The monoisotopic (exact) mass is 296 g/mol. The van der Waals surface area contributed by atoms with Crippen molar-refractivity contribution in [2.75, 3.05) is 7.11 Å². The molecule has 1 heterocycles. The van der Waals surface area contributed by atoms with Crippen molar-refractivity contribution in [3.8, 4) is 5.75 Å². The molecule has 0 atom stereocenters. The van der Waals surface area contributed by atoms with Crippen LogP contribution >= 0.6 is 0 Å². The molecule has 0 saturated carbocycles. The van der Waals surface area contributed by atoms with E-state index in [2.05, 4.69) is 10.3 Å². The lowest BCUT2D eigenvalue weighted by Crippen LogP contribution is -2.20. The zero-order chi connectivity index (χ0) is 15.9. The predicted molar refractivity (Wildman–Crippen MR) is 87.6 cm³/mol. The molecular weight excluding hydrogens is 276 g/mol. The summed E-state index contributed by atoms with van der Waals surface area (Å²) in [6.45, 7) is 4.50. The minimum absolute atomic E-state index is 0.119. The van der Waals surface area contributed by atoms with Crippen LogP contribution in [0.4, 0.5) is 0 Å². The maximum atomic E-state index is 11.9. The number of amides is 1. The van der Waals surface area contributed by atoms with Gasteiger partial charge < -0.3 is 10.1 Å². The number of carbonyl (C=O) groups is 1. The third-order valence-electron chi connectivity index (χ3n) is 3.42. The fourth-order valence-electron chi connectivity index (χ4n) is 2.22. The first-order valence-electron chi connectivity index (χ1n) is 7.10. The molecule has 4 heteroatoms. The van der Waals surface area contributed by atoms with E-state index in [-0.39, 0.29) is 5.91 Å². The first-order valence-corrected chi connectivity index (χ1v) is 7.10. The van der Waals surface area contributed by atoms with Crippen molar-refractivity contribution in [1.29, 1.82) is 0 Å². The van der Waals surface area contributed by atoms with Gasteiger partial charge in [0.15, 0.2) is 0 Å². The topological polar surface area (TPSA) is 51.2 Å². The molecule has 1 aromatic heterocycles. The minimum atomic E-state index is -0.119. The summed E-state index contributed by atoms with van der Waals surface area (Å²) in [5.74, 6) is 0.709. The maximum Gasteiger partial charge on any atom is 0.244 e. The van der Waals surface area contributed by atoms with Crippen LogP contribution in [0.3, 0.4) is 0 Å². The van der Waals surface area contributed by atoms with E-state index < -0.39 is 0 Å². The normalized spacial score (nSPS) is 10.7. The number of hydrogen-bond acceptors (Lipinski definition) is 3. The van der Waals surface area contributed by atoms with Gasteiger partial charge in [-0.05, 0) is 66.4 Å². The third-order valence-corrected chi connectivity index (χ3v) is 3.42. The Balaban J connectivity index is 2.01. The number of aryl methyl sites for hydroxylation is 2. The summed E-state index contributed by atoms with van der Waals surface area (Å²) >= 11 is 0. The van der Waals surface area contributed by atoms with Crippen LogP contribution in [0.25, 0.3) is 6.08 Å². The average Bonchev–Trinajstić information content (AvgIpc) is 2.52. The Hall–Kier alpha value is -2.62. The van der Waals surface area contributed by atoms with Crippen molar-refractivity contribution in [3.05, 3.63) is 65.0 Å². The van der Waals surface area contributed by atoms with Gasteiger partial charge in [0.1, 0.15) is 5.75 Å². The number of nitrogens with zero attached hydrogens (tertiary/aromatic N) is 1. The van der Waals surface area contributed by atoms with E-state index >= 15 is 0 Å². The van der Waals surface area contributed by atoms with E-state index in [1.165, 1.54) is 0 Å². The highest BCUT2D eigenvalue weighted by Crippen LogP contribution is 2.22. The number of hydrogen-bond donors (Lipinski definition) is 1. The van der Waals surface area contributed by atoms with Crippen LogP contribution in [0.15, 0.2) is 42.7 Å². The average molecular weight is 296 g/mol. The molecule has 4 nitrogen and oxygen atoms in total. The minimum Gasteiger partial charge on any atom is -0.497 e. The van der Waals surface area contributed by atoms with Gasteiger partial charge in [0.25, 0.3) is 0 Å². The molecule has 0 aliphatic rings. The molecule has 0 fully saturated rings. The molecule has 0 spiro atoms. The number of carbonyl (C=O) groups excluding carboxylic acids is 1. The first-order chi connectivity index (χ1) is 10.6. The van der Waals surface area contributed by atoms with Crippen LogP contribution in [-0.4, -0.2) is 18.0 Å². The molecule has 114 valence electrons. The second-order valence-corrected chi connectivity index (χ2v) is 5.08. The van der Waals surface area contributed by atoms with E-state index in [4.69, 9.17) is 4.74 Å². The summed E-state index contributed by atoms with van der Waals surface area (Å²) in [5.41, 5.74) is 4.22. The van der Waals surface area contributed by atoms with Gasteiger partial charge in [-0.1, -0.05) is 0 Å². The van der Waals surface area contributed by atoms with Crippen molar-refractivity contribution in [2.24, 2.45) is 0 Å². The Morgan fingerprint density at radius 3 is 2.45 bits per heavy atom. The molecule has 1 amide bonds. The fraction of sp³-hybridized carbons (Fsp3) is 0.222.